The molecule has 1 fully saturated rings. The number of hydrogen-bond donors (Lipinski definition) is 1. The summed E-state index contributed by atoms with van der Waals surface area (Å²) < 4.78 is 4.77. The third kappa shape index (κ3) is 4.40. The Bertz CT molecular complexity index is 374. The maximum Gasteiger partial charge on any atom is 0.327 e. The zero-order valence-electron chi connectivity index (χ0n) is 11.8. The first-order valence-corrected chi connectivity index (χ1v) is 7.87. The Kier molecular flexibility index (Phi) is 6.84. The van der Waals surface area contributed by atoms with Gasteiger partial charge in [-0.2, -0.15) is 0 Å². The van der Waals surface area contributed by atoms with Crippen LogP contribution in [0.5, 0.6) is 0 Å². The number of ether oxygens (including phenoxy) is 1. The number of hydrogen-bond acceptors (Lipinski definition) is 5. The Labute approximate surface area is 122 Å². The fraction of sp³-hybridized carbons (Fsp3) is 0.769. The maximum atomic E-state index is 12.2. The van der Waals surface area contributed by atoms with Crippen LogP contribution in [-0.4, -0.2) is 51.6 Å². The number of thioether (sulfide) groups is 1. The average Bonchev–Trinajstić information content (AvgIpc) is 2.81. The summed E-state index contributed by atoms with van der Waals surface area (Å²) in [5.74, 6) is -1.29. The van der Waals surface area contributed by atoms with Gasteiger partial charge in [-0.3, -0.25) is 9.59 Å². The van der Waals surface area contributed by atoms with Crippen LogP contribution in [0.25, 0.3) is 0 Å². The molecular formula is C13H21NO5S. The molecule has 0 radical (unpaired) electrons. The van der Waals surface area contributed by atoms with E-state index in [0.717, 1.165) is 12.8 Å². The van der Waals surface area contributed by atoms with Crippen LogP contribution in [0.3, 0.4) is 0 Å². The van der Waals surface area contributed by atoms with Gasteiger partial charge in [0.25, 0.3) is 0 Å². The van der Waals surface area contributed by atoms with Gasteiger partial charge in [0.05, 0.1) is 18.4 Å². The highest BCUT2D eigenvalue weighted by Crippen LogP contribution is 2.32. The van der Waals surface area contributed by atoms with E-state index in [4.69, 9.17) is 4.74 Å². The monoisotopic (exact) mass is 303 g/mol. The largest absolute Gasteiger partial charge is 0.480 e. The van der Waals surface area contributed by atoms with Gasteiger partial charge in [0.15, 0.2) is 0 Å². The fourth-order valence-electron chi connectivity index (χ4n) is 2.13. The van der Waals surface area contributed by atoms with Crippen LogP contribution >= 0.6 is 11.8 Å². The SMILES string of the molecule is CCCC1SCC(C(=O)O)N1C(=O)CCC(=O)OCC. The lowest BCUT2D eigenvalue weighted by molar-refractivity contribution is -0.150. The van der Waals surface area contributed by atoms with Gasteiger partial charge in [-0.15, -0.1) is 11.8 Å². The summed E-state index contributed by atoms with van der Waals surface area (Å²) in [6.45, 7) is 3.98. The first-order chi connectivity index (χ1) is 9.51. The minimum absolute atomic E-state index is 0.000968. The van der Waals surface area contributed by atoms with Crippen LogP contribution < -0.4 is 0 Å². The van der Waals surface area contributed by atoms with E-state index in [2.05, 4.69) is 0 Å². The molecule has 0 aromatic carbocycles. The standard InChI is InChI=1S/C13H21NO5S/c1-3-5-11-14(9(8-20-11)13(17)18)10(15)6-7-12(16)19-4-2/h9,11H,3-8H2,1-2H3,(H,17,18). The number of amides is 1. The van der Waals surface area contributed by atoms with E-state index in [1.807, 2.05) is 6.92 Å². The zero-order valence-corrected chi connectivity index (χ0v) is 12.6. The van der Waals surface area contributed by atoms with Crippen molar-refractivity contribution in [3.05, 3.63) is 0 Å². The molecule has 6 nitrogen and oxygen atoms in total. The van der Waals surface area contributed by atoms with Crippen LogP contribution in [-0.2, 0) is 19.1 Å². The minimum atomic E-state index is -0.986. The van der Waals surface area contributed by atoms with Crippen molar-refractivity contribution in [1.29, 1.82) is 0 Å². The van der Waals surface area contributed by atoms with Crippen molar-refractivity contribution in [2.24, 2.45) is 0 Å². The van der Waals surface area contributed by atoms with Gasteiger partial charge in [0.1, 0.15) is 6.04 Å². The average molecular weight is 303 g/mol. The minimum Gasteiger partial charge on any atom is -0.480 e. The molecule has 1 aliphatic heterocycles. The predicted molar refractivity (Wildman–Crippen MR) is 75.3 cm³/mol. The van der Waals surface area contributed by atoms with Crippen molar-refractivity contribution in [3.63, 3.8) is 0 Å². The Morgan fingerprint density at radius 3 is 2.55 bits per heavy atom. The fourth-order valence-corrected chi connectivity index (χ4v) is 3.66. The highest BCUT2D eigenvalue weighted by atomic mass is 32.2. The quantitative estimate of drug-likeness (QED) is 0.717. The number of carboxylic acids is 1. The molecule has 0 spiro atoms. The number of rotatable bonds is 7. The molecule has 0 aromatic rings. The topological polar surface area (TPSA) is 83.9 Å². The number of carboxylic acid groups (broad SMARTS) is 1. The van der Waals surface area contributed by atoms with E-state index in [9.17, 15) is 19.5 Å². The summed E-state index contributed by atoms with van der Waals surface area (Å²) in [6, 6.07) is -0.786. The van der Waals surface area contributed by atoms with Crippen molar-refractivity contribution in [2.75, 3.05) is 12.4 Å². The van der Waals surface area contributed by atoms with E-state index >= 15 is 0 Å². The molecular weight excluding hydrogens is 282 g/mol. The number of carbonyl (C=O) groups is 3. The lowest BCUT2D eigenvalue weighted by Gasteiger charge is -2.27. The molecule has 0 bridgehead atoms. The van der Waals surface area contributed by atoms with Crippen LogP contribution in [0.4, 0.5) is 0 Å². The molecule has 2 atom stereocenters. The summed E-state index contributed by atoms with van der Waals surface area (Å²) in [7, 11) is 0. The Balaban J connectivity index is 2.64. The predicted octanol–water partition coefficient (Wildman–Crippen LogP) is 1.48. The highest BCUT2D eigenvalue weighted by molar-refractivity contribution is 8.00. The summed E-state index contributed by atoms with van der Waals surface area (Å²) in [5, 5.41) is 9.08. The second-order valence-electron chi connectivity index (χ2n) is 4.54. The van der Waals surface area contributed by atoms with Crippen molar-refractivity contribution in [3.8, 4) is 0 Å². The van der Waals surface area contributed by atoms with Crippen molar-refractivity contribution in [1.82, 2.24) is 4.90 Å². The lowest BCUT2D eigenvalue weighted by atomic mass is 10.2. The van der Waals surface area contributed by atoms with Crippen LogP contribution in [0.15, 0.2) is 0 Å². The number of carbonyl (C=O) groups excluding carboxylic acids is 2. The summed E-state index contributed by atoms with van der Waals surface area (Å²) in [5.41, 5.74) is 0. The van der Waals surface area contributed by atoms with Crippen molar-refractivity contribution < 1.29 is 24.2 Å². The van der Waals surface area contributed by atoms with Crippen LogP contribution in [0.1, 0.15) is 39.5 Å². The number of esters is 1. The molecule has 20 heavy (non-hydrogen) atoms. The second kappa shape index (κ2) is 8.14. The molecule has 7 heteroatoms. The third-order valence-corrected chi connectivity index (χ3v) is 4.41. The first kappa shape index (κ1) is 16.8. The number of aliphatic carboxylic acids is 1. The molecule has 1 heterocycles. The molecule has 114 valence electrons. The zero-order chi connectivity index (χ0) is 15.1. The smallest absolute Gasteiger partial charge is 0.327 e. The van der Waals surface area contributed by atoms with Crippen molar-refractivity contribution >= 4 is 29.6 Å². The summed E-state index contributed by atoms with van der Waals surface area (Å²) >= 11 is 1.49. The van der Waals surface area contributed by atoms with Gasteiger partial charge in [-0.05, 0) is 13.3 Å². The Morgan fingerprint density at radius 2 is 2.00 bits per heavy atom. The van der Waals surface area contributed by atoms with Gasteiger partial charge in [-0.25, -0.2) is 4.79 Å². The molecule has 0 aliphatic carbocycles. The molecule has 2 unspecified atom stereocenters. The molecule has 1 amide bonds. The summed E-state index contributed by atoms with van der Waals surface area (Å²) in [4.78, 5) is 36.1. The molecule has 0 aromatic heterocycles. The van der Waals surface area contributed by atoms with Crippen molar-refractivity contribution in [2.45, 2.75) is 50.9 Å². The molecule has 1 rings (SSSR count). The number of nitrogens with zero attached hydrogens (tertiary/aromatic N) is 1. The molecule has 1 saturated heterocycles. The third-order valence-electron chi connectivity index (χ3n) is 3.05. The van der Waals surface area contributed by atoms with Crippen LogP contribution in [0, 0.1) is 0 Å². The Hall–Kier alpha value is -1.24. The van der Waals surface area contributed by atoms with E-state index < -0.39 is 18.0 Å². The molecule has 1 N–H and O–H groups in total. The first-order valence-electron chi connectivity index (χ1n) is 6.82. The van der Waals surface area contributed by atoms with Gasteiger partial charge in [0, 0.05) is 12.2 Å². The molecule has 0 saturated carbocycles. The molecule has 1 aliphatic rings. The maximum absolute atomic E-state index is 12.2. The van der Waals surface area contributed by atoms with E-state index in [-0.39, 0.29) is 30.7 Å². The highest BCUT2D eigenvalue weighted by Gasteiger charge is 2.40. The van der Waals surface area contributed by atoms with Gasteiger partial charge < -0.3 is 14.7 Å². The normalized spacial score (nSPS) is 21.8. The summed E-state index contributed by atoms with van der Waals surface area (Å²) in [6.07, 6.45) is 1.65. The van der Waals surface area contributed by atoms with Crippen LogP contribution in [0.2, 0.25) is 0 Å². The van der Waals surface area contributed by atoms with Gasteiger partial charge in [-0.1, -0.05) is 13.3 Å². The Morgan fingerprint density at radius 1 is 1.30 bits per heavy atom. The van der Waals surface area contributed by atoms with E-state index in [0.29, 0.717) is 5.75 Å². The van der Waals surface area contributed by atoms with E-state index in [1.54, 1.807) is 6.92 Å². The lowest BCUT2D eigenvalue weighted by Crippen LogP contribution is -2.45. The van der Waals surface area contributed by atoms with Gasteiger partial charge in [0.2, 0.25) is 5.91 Å². The van der Waals surface area contributed by atoms with E-state index in [1.165, 1.54) is 16.7 Å². The van der Waals surface area contributed by atoms with Gasteiger partial charge >= 0.3 is 11.9 Å². The second-order valence-corrected chi connectivity index (χ2v) is 5.75.